The Morgan fingerprint density at radius 2 is 1.70 bits per heavy atom. The molecule has 0 aliphatic heterocycles. The third-order valence-electron chi connectivity index (χ3n) is 3.78. The molecule has 0 saturated heterocycles. The number of halogens is 1. The topological polar surface area (TPSA) is 33.2 Å². The number of hydrogen-bond acceptors (Lipinski definition) is 2. The average molecular weight is 325 g/mol. The fourth-order valence-corrected chi connectivity index (χ4v) is 2.91. The van der Waals surface area contributed by atoms with E-state index in [4.69, 9.17) is 11.6 Å². The van der Waals surface area contributed by atoms with Gasteiger partial charge in [-0.1, -0.05) is 48.5 Å². The molecular weight excluding hydrogens is 308 g/mol. The Bertz CT molecular complexity index is 860. The van der Waals surface area contributed by atoms with Crippen molar-refractivity contribution in [2.75, 3.05) is 14.1 Å². The van der Waals surface area contributed by atoms with E-state index in [1.54, 1.807) is 19.0 Å². The van der Waals surface area contributed by atoms with Gasteiger partial charge in [-0.15, -0.1) is 11.6 Å². The molecule has 3 aromatic rings. The van der Waals surface area contributed by atoms with Crippen molar-refractivity contribution in [3.63, 3.8) is 0 Å². The average Bonchev–Trinajstić information content (AvgIpc) is 2.60. The number of carbonyl (C=O) groups is 1. The Morgan fingerprint density at radius 1 is 1.04 bits per heavy atom. The summed E-state index contributed by atoms with van der Waals surface area (Å²) in [5.74, 6) is 0.109. The van der Waals surface area contributed by atoms with Crippen molar-refractivity contribution in [3.05, 3.63) is 65.9 Å². The van der Waals surface area contributed by atoms with E-state index in [1.807, 2.05) is 54.6 Å². The highest BCUT2D eigenvalue weighted by Gasteiger charge is 2.22. The largest absolute Gasteiger partial charge is 0.345 e. The molecule has 3 nitrogen and oxygen atoms in total. The summed E-state index contributed by atoms with van der Waals surface area (Å²) in [7, 11) is 3.48. The molecule has 1 heterocycles. The second-order valence-corrected chi connectivity index (χ2v) is 5.79. The fourth-order valence-electron chi connectivity index (χ4n) is 2.72. The summed E-state index contributed by atoms with van der Waals surface area (Å²) in [6.07, 6.45) is 0. The van der Waals surface area contributed by atoms with Gasteiger partial charge in [0.2, 0.25) is 0 Å². The smallest absolute Gasteiger partial charge is 0.255 e. The van der Waals surface area contributed by atoms with Gasteiger partial charge in [0.25, 0.3) is 5.91 Å². The number of hydrogen-bond donors (Lipinski definition) is 0. The van der Waals surface area contributed by atoms with Crippen LogP contribution in [-0.4, -0.2) is 29.9 Å². The fraction of sp³-hybridized carbons (Fsp3) is 0.158. The van der Waals surface area contributed by atoms with Gasteiger partial charge in [-0.05, 0) is 11.6 Å². The van der Waals surface area contributed by atoms with E-state index in [-0.39, 0.29) is 11.8 Å². The number of rotatable bonds is 3. The standard InChI is InChI=1S/C19H17ClN2O/c1-22(2)19(23)18-16(12-20)21-15-11-7-6-10-14(15)17(18)13-8-4-3-5-9-13/h3-11H,12H2,1-2H3. The highest BCUT2D eigenvalue weighted by Crippen LogP contribution is 2.34. The molecular formula is C19H17ClN2O. The number of nitrogens with zero attached hydrogens (tertiary/aromatic N) is 2. The first-order chi connectivity index (χ1) is 11.1. The summed E-state index contributed by atoms with van der Waals surface area (Å²) in [5, 5.41) is 0.956. The van der Waals surface area contributed by atoms with Gasteiger partial charge >= 0.3 is 0 Å². The molecule has 2 aromatic carbocycles. The van der Waals surface area contributed by atoms with E-state index in [1.165, 1.54) is 0 Å². The van der Waals surface area contributed by atoms with Gasteiger partial charge in [0.05, 0.1) is 22.7 Å². The van der Waals surface area contributed by atoms with Crippen LogP contribution in [-0.2, 0) is 5.88 Å². The second kappa shape index (κ2) is 6.39. The minimum Gasteiger partial charge on any atom is -0.345 e. The number of amides is 1. The predicted octanol–water partition coefficient (Wildman–Crippen LogP) is 4.34. The number of fused-ring (bicyclic) bond motifs is 1. The Balaban J connectivity index is 2.45. The van der Waals surface area contributed by atoms with Crippen LogP contribution in [0.15, 0.2) is 54.6 Å². The maximum Gasteiger partial charge on any atom is 0.255 e. The molecule has 0 aliphatic rings. The zero-order valence-corrected chi connectivity index (χ0v) is 13.8. The Hall–Kier alpha value is -2.39. The summed E-state index contributed by atoms with van der Waals surface area (Å²) in [6.45, 7) is 0. The predicted molar refractivity (Wildman–Crippen MR) is 94.8 cm³/mol. The third-order valence-corrected chi connectivity index (χ3v) is 4.03. The van der Waals surface area contributed by atoms with Crippen LogP contribution in [0.4, 0.5) is 0 Å². The van der Waals surface area contributed by atoms with Gasteiger partial charge in [-0.3, -0.25) is 9.78 Å². The minimum atomic E-state index is -0.0854. The summed E-state index contributed by atoms with van der Waals surface area (Å²) in [6, 6.07) is 17.7. The third kappa shape index (κ3) is 2.80. The van der Waals surface area contributed by atoms with Crippen molar-refractivity contribution >= 4 is 28.4 Å². The quantitative estimate of drug-likeness (QED) is 0.671. The van der Waals surface area contributed by atoms with E-state index in [0.717, 1.165) is 22.0 Å². The van der Waals surface area contributed by atoms with Crippen LogP contribution in [0.25, 0.3) is 22.0 Å². The van der Waals surface area contributed by atoms with Crippen molar-refractivity contribution in [1.82, 2.24) is 9.88 Å². The highest BCUT2D eigenvalue weighted by molar-refractivity contribution is 6.18. The minimum absolute atomic E-state index is 0.0854. The van der Waals surface area contributed by atoms with Crippen LogP contribution in [0, 0.1) is 0 Å². The first kappa shape index (κ1) is 15.5. The Morgan fingerprint density at radius 3 is 2.35 bits per heavy atom. The molecule has 0 spiro atoms. The van der Waals surface area contributed by atoms with Gasteiger partial charge in [0.1, 0.15) is 0 Å². The summed E-state index contributed by atoms with van der Waals surface area (Å²) >= 11 is 6.11. The van der Waals surface area contributed by atoms with Crippen molar-refractivity contribution in [2.45, 2.75) is 5.88 Å². The summed E-state index contributed by atoms with van der Waals surface area (Å²) in [5.41, 5.74) is 3.92. The first-order valence-corrected chi connectivity index (χ1v) is 7.91. The molecule has 0 aliphatic carbocycles. The van der Waals surface area contributed by atoms with Crippen molar-refractivity contribution < 1.29 is 4.79 Å². The monoisotopic (exact) mass is 324 g/mol. The lowest BCUT2D eigenvalue weighted by Crippen LogP contribution is -2.24. The zero-order chi connectivity index (χ0) is 16.4. The summed E-state index contributed by atoms with van der Waals surface area (Å²) < 4.78 is 0. The van der Waals surface area contributed by atoms with Crippen LogP contribution >= 0.6 is 11.6 Å². The van der Waals surface area contributed by atoms with Gasteiger partial charge in [0, 0.05) is 25.0 Å². The lowest BCUT2D eigenvalue weighted by molar-refractivity contribution is 0.0827. The van der Waals surface area contributed by atoms with E-state index < -0.39 is 0 Å². The lowest BCUT2D eigenvalue weighted by Gasteiger charge is -2.19. The van der Waals surface area contributed by atoms with E-state index >= 15 is 0 Å². The number of carbonyl (C=O) groups excluding carboxylic acids is 1. The molecule has 0 atom stereocenters. The van der Waals surface area contributed by atoms with Crippen LogP contribution < -0.4 is 0 Å². The van der Waals surface area contributed by atoms with Crippen molar-refractivity contribution in [1.29, 1.82) is 0 Å². The maximum absolute atomic E-state index is 12.8. The Labute approximate surface area is 140 Å². The van der Waals surface area contributed by atoms with Gasteiger partial charge in [-0.2, -0.15) is 0 Å². The lowest BCUT2D eigenvalue weighted by atomic mass is 9.93. The second-order valence-electron chi connectivity index (χ2n) is 5.52. The van der Waals surface area contributed by atoms with Gasteiger partial charge in [-0.25, -0.2) is 0 Å². The molecule has 0 radical (unpaired) electrons. The van der Waals surface area contributed by atoms with Crippen LogP contribution in [0.3, 0.4) is 0 Å². The Kier molecular flexibility index (Phi) is 4.30. The SMILES string of the molecule is CN(C)C(=O)c1c(CCl)nc2ccccc2c1-c1ccccc1. The van der Waals surface area contributed by atoms with Crippen molar-refractivity contribution in [3.8, 4) is 11.1 Å². The van der Waals surface area contributed by atoms with Gasteiger partial charge in [0.15, 0.2) is 0 Å². The maximum atomic E-state index is 12.8. The number of benzene rings is 2. The number of aromatic nitrogens is 1. The zero-order valence-electron chi connectivity index (χ0n) is 13.1. The molecule has 0 saturated carbocycles. The first-order valence-electron chi connectivity index (χ1n) is 7.38. The number of pyridine rings is 1. The summed E-state index contributed by atoms with van der Waals surface area (Å²) in [4.78, 5) is 19.0. The molecule has 0 N–H and O–H groups in total. The molecule has 0 unspecified atom stereocenters. The molecule has 1 aromatic heterocycles. The molecule has 3 rings (SSSR count). The van der Waals surface area contributed by atoms with Crippen LogP contribution in [0.1, 0.15) is 16.1 Å². The molecule has 23 heavy (non-hydrogen) atoms. The molecule has 0 bridgehead atoms. The number of para-hydroxylation sites is 1. The molecule has 0 fully saturated rings. The van der Waals surface area contributed by atoms with Crippen LogP contribution in [0.5, 0.6) is 0 Å². The van der Waals surface area contributed by atoms with E-state index in [9.17, 15) is 4.79 Å². The van der Waals surface area contributed by atoms with E-state index in [0.29, 0.717) is 11.3 Å². The molecule has 116 valence electrons. The normalized spacial score (nSPS) is 10.7. The van der Waals surface area contributed by atoms with Gasteiger partial charge < -0.3 is 4.90 Å². The molecule has 4 heteroatoms. The number of alkyl halides is 1. The molecule has 1 amide bonds. The highest BCUT2D eigenvalue weighted by atomic mass is 35.5. The van der Waals surface area contributed by atoms with Crippen molar-refractivity contribution in [2.24, 2.45) is 0 Å². The van der Waals surface area contributed by atoms with E-state index in [2.05, 4.69) is 4.98 Å². The van der Waals surface area contributed by atoms with Crippen LogP contribution in [0.2, 0.25) is 0 Å².